The van der Waals surface area contributed by atoms with E-state index in [1.54, 1.807) is 24.3 Å². The molecule has 198 valence electrons. The number of carbonyl (C=O) groups is 3. The molecule has 3 amide bonds. The maximum absolute atomic E-state index is 14.2. The molecule has 8 atom stereocenters. The highest BCUT2D eigenvalue weighted by Gasteiger charge is 2.80. The quantitative estimate of drug-likeness (QED) is 0.464. The van der Waals surface area contributed by atoms with Gasteiger partial charge < -0.3 is 25.4 Å². The lowest BCUT2D eigenvalue weighted by Gasteiger charge is -2.39. The fourth-order valence-corrected chi connectivity index (χ4v) is 6.78. The van der Waals surface area contributed by atoms with Crippen molar-refractivity contribution < 1.29 is 24.2 Å². The molecule has 3 saturated heterocycles. The van der Waals surface area contributed by atoms with Crippen LogP contribution in [0.25, 0.3) is 0 Å². The van der Waals surface area contributed by atoms with Gasteiger partial charge in [0.2, 0.25) is 17.7 Å². The highest BCUT2D eigenvalue weighted by Crippen LogP contribution is 2.65. The number of benzene rings is 1. The van der Waals surface area contributed by atoms with Crippen molar-refractivity contribution in [2.75, 3.05) is 18.5 Å². The average molecular weight is 520 g/mol. The van der Waals surface area contributed by atoms with Gasteiger partial charge >= 0.3 is 0 Å². The molecule has 3 heterocycles. The Morgan fingerprint density at radius 3 is 2.50 bits per heavy atom. The molecule has 9 heteroatoms. The minimum atomic E-state index is -1.16. The molecule has 2 bridgehead atoms. The summed E-state index contributed by atoms with van der Waals surface area (Å²) < 4.78 is 6.71. The molecule has 0 radical (unpaired) electrons. The maximum Gasteiger partial charge on any atom is 0.250 e. The largest absolute Gasteiger partial charge is 0.394 e. The van der Waals surface area contributed by atoms with Crippen molar-refractivity contribution >= 4 is 35.0 Å². The summed E-state index contributed by atoms with van der Waals surface area (Å²) in [5.74, 6) is -2.51. The fourth-order valence-electron chi connectivity index (χ4n) is 6.65. The van der Waals surface area contributed by atoms with Gasteiger partial charge in [-0.25, -0.2) is 0 Å². The number of ether oxygens (including phenoxy) is 1. The van der Waals surface area contributed by atoms with Crippen LogP contribution in [0.3, 0.4) is 0 Å². The number of aliphatic hydroxyl groups is 1. The number of likely N-dealkylation sites (tertiary alicyclic amines) is 1. The van der Waals surface area contributed by atoms with Crippen LogP contribution in [0.5, 0.6) is 0 Å². The first-order valence-electron chi connectivity index (χ1n) is 13.0. The van der Waals surface area contributed by atoms with E-state index in [1.165, 1.54) is 4.90 Å². The van der Waals surface area contributed by atoms with E-state index in [1.807, 2.05) is 34.6 Å². The molecule has 1 aromatic carbocycles. The number of hydrogen-bond donors (Lipinski definition) is 3. The van der Waals surface area contributed by atoms with Gasteiger partial charge in [-0.1, -0.05) is 45.7 Å². The van der Waals surface area contributed by atoms with Crippen molar-refractivity contribution in [3.63, 3.8) is 0 Å². The number of nitrogens with one attached hydrogen (secondary N) is 2. The number of fused-ring (bicyclic) bond motifs is 1. The molecule has 1 aromatic rings. The molecule has 1 spiro atoms. The van der Waals surface area contributed by atoms with Gasteiger partial charge in [0.25, 0.3) is 0 Å². The molecule has 3 aliphatic rings. The number of rotatable bonds is 9. The van der Waals surface area contributed by atoms with Crippen LogP contribution in [0.2, 0.25) is 5.02 Å². The summed E-state index contributed by atoms with van der Waals surface area (Å²) in [4.78, 5) is 43.1. The standard InChI is InChI=1S/C27H38ClN3O5/c1-6-12-29-23(33)20-21-25(35)31(19(14-32)15(3)7-2)22(27(21)13-16(4)26(20,5)36-27)24(34)30-18-10-8-17(28)9-11-18/h8-11,15-16,19-22,32H,6-7,12-14H2,1-5H3,(H,29,33)(H,30,34)/t15-,16?,19-,20+,21-,22?,26-,27?/m0/s1. The van der Waals surface area contributed by atoms with Crippen LogP contribution in [0.1, 0.15) is 53.9 Å². The Hall–Kier alpha value is -2.16. The first-order valence-corrected chi connectivity index (χ1v) is 13.4. The topological polar surface area (TPSA) is 108 Å². The van der Waals surface area contributed by atoms with E-state index in [-0.39, 0.29) is 36.2 Å². The third-order valence-corrected chi connectivity index (χ3v) is 9.04. The zero-order valence-corrected chi connectivity index (χ0v) is 22.5. The number of hydrogen-bond acceptors (Lipinski definition) is 5. The number of halogens is 1. The van der Waals surface area contributed by atoms with E-state index in [4.69, 9.17) is 16.3 Å². The highest BCUT2D eigenvalue weighted by atomic mass is 35.5. The van der Waals surface area contributed by atoms with Gasteiger partial charge in [-0.2, -0.15) is 0 Å². The molecule has 8 nitrogen and oxygen atoms in total. The van der Waals surface area contributed by atoms with Gasteiger partial charge in [-0.3, -0.25) is 14.4 Å². The number of nitrogens with zero attached hydrogens (tertiary/aromatic N) is 1. The summed E-state index contributed by atoms with van der Waals surface area (Å²) in [7, 11) is 0. The third-order valence-electron chi connectivity index (χ3n) is 8.79. The summed E-state index contributed by atoms with van der Waals surface area (Å²) in [6.07, 6.45) is 1.97. The van der Waals surface area contributed by atoms with Gasteiger partial charge in [-0.05, 0) is 55.9 Å². The highest BCUT2D eigenvalue weighted by molar-refractivity contribution is 6.30. The molecule has 4 rings (SSSR count). The third kappa shape index (κ3) is 4.02. The molecule has 0 aliphatic carbocycles. The summed E-state index contributed by atoms with van der Waals surface area (Å²) in [5, 5.41) is 16.8. The monoisotopic (exact) mass is 519 g/mol. The molecule has 3 aliphatic heterocycles. The van der Waals surface area contributed by atoms with E-state index in [2.05, 4.69) is 10.6 Å². The second kappa shape index (κ2) is 9.95. The van der Waals surface area contributed by atoms with Crippen LogP contribution in [0.15, 0.2) is 24.3 Å². The van der Waals surface area contributed by atoms with Gasteiger partial charge in [0, 0.05) is 17.3 Å². The average Bonchev–Trinajstić information content (AvgIpc) is 3.36. The molecular weight excluding hydrogens is 482 g/mol. The lowest BCUT2D eigenvalue weighted by molar-refractivity contribution is -0.150. The molecule has 3 fully saturated rings. The van der Waals surface area contributed by atoms with Gasteiger partial charge in [0.1, 0.15) is 11.6 Å². The smallest absolute Gasteiger partial charge is 0.250 e. The summed E-state index contributed by atoms with van der Waals surface area (Å²) >= 11 is 6.01. The predicted octanol–water partition coefficient (Wildman–Crippen LogP) is 3.22. The van der Waals surface area contributed by atoms with E-state index in [9.17, 15) is 19.5 Å². The minimum absolute atomic E-state index is 0.0408. The Balaban J connectivity index is 1.80. The van der Waals surface area contributed by atoms with E-state index in [0.29, 0.717) is 30.1 Å². The molecular formula is C27H38ClN3O5. The van der Waals surface area contributed by atoms with E-state index >= 15 is 0 Å². The van der Waals surface area contributed by atoms with E-state index in [0.717, 1.165) is 6.42 Å². The van der Waals surface area contributed by atoms with Gasteiger partial charge in [0.05, 0.1) is 30.1 Å². The van der Waals surface area contributed by atoms with Gasteiger partial charge in [-0.15, -0.1) is 0 Å². The summed E-state index contributed by atoms with van der Waals surface area (Å²) in [6.45, 7) is 10.1. The normalized spacial score (nSPS) is 34.4. The van der Waals surface area contributed by atoms with E-state index < -0.39 is 35.1 Å². The van der Waals surface area contributed by atoms with Crippen LogP contribution < -0.4 is 10.6 Å². The van der Waals surface area contributed by atoms with Crippen LogP contribution in [0.4, 0.5) is 5.69 Å². The Labute approximate surface area is 218 Å². The summed E-state index contributed by atoms with van der Waals surface area (Å²) in [5.41, 5.74) is -1.48. The Morgan fingerprint density at radius 1 is 1.25 bits per heavy atom. The van der Waals surface area contributed by atoms with Crippen molar-refractivity contribution in [1.82, 2.24) is 10.2 Å². The second-order valence-corrected chi connectivity index (χ2v) is 11.3. The van der Waals surface area contributed by atoms with Crippen molar-refractivity contribution in [3.8, 4) is 0 Å². The Morgan fingerprint density at radius 2 is 1.92 bits per heavy atom. The SMILES string of the molecule is CCCNC(=O)[C@H]1[C@H]2C(=O)N([C@@H](CO)[C@@H](C)CC)C(C(=O)Nc3ccc(Cl)cc3)C23CC(C)[C@]1(C)O3. The molecule has 0 aromatic heterocycles. The van der Waals surface area contributed by atoms with Crippen LogP contribution >= 0.6 is 11.6 Å². The molecule has 36 heavy (non-hydrogen) atoms. The van der Waals surface area contributed by atoms with Crippen molar-refractivity contribution in [3.05, 3.63) is 29.3 Å². The van der Waals surface area contributed by atoms with Gasteiger partial charge in [0.15, 0.2) is 0 Å². The zero-order chi connectivity index (χ0) is 26.4. The fraction of sp³-hybridized carbons (Fsp3) is 0.667. The zero-order valence-electron chi connectivity index (χ0n) is 21.7. The Kier molecular flexibility index (Phi) is 7.43. The van der Waals surface area contributed by atoms with Crippen molar-refractivity contribution in [1.29, 1.82) is 0 Å². The van der Waals surface area contributed by atoms with Crippen LogP contribution in [-0.4, -0.2) is 64.2 Å². The second-order valence-electron chi connectivity index (χ2n) is 10.9. The lowest BCUT2D eigenvalue weighted by atomic mass is 9.62. The van der Waals surface area contributed by atoms with Crippen molar-refractivity contribution in [2.45, 2.75) is 77.2 Å². The van der Waals surface area contributed by atoms with Crippen LogP contribution in [0, 0.1) is 23.7 Å². The number of amides is 3. The van der Waals surface area contributed by atoms with Crippen LogP contribution in [-0.2, 0) is 19.1 Å². The number of aliphatic hydroxyl groups excluding tert-OH is 1. The minimum Gasteiger partial charge on any atom is -0.394 e. The molecule has 3 unspecified atom stereocenters. The molecule has 3 N–H and O–H groups in total. The lowest BCUT2D eigenvalue weighted by Crippen LogP contribution is -2.57. The molecule has 0 saturated carbocycles. The maximum atomic E-state index is 14.2. The van der Waals surface area contributed by atoms with Crippen molar-refractivity contribution in [2.24, 2.45) is 23.7 Å². The summed E-state index contributed by atoms with van der Waals surface area (Å²) in [6, 6.07) is 5.21. The first kappa shape index (κ1) is 26.9. The number of carbonyl (C=O) groups excluding carboxylic acids is 3. The predicted molar refractivity (Wildman–Crippen MR) is 137 cm³/mol. The first-order chi connectivity index (χ1) is 17.0. The Bertz CT molecular complexity index is 1020. The number of anilines is 1.